The summed E-state index contributed by atoms with van der Waals surface area (Å²) in [5, 5.41) is 13.3. The Bertz CT molecular complexity index is 734. The van der Waals surface area contributed by atoms with E-state index in [9.17, 15) is 0 Å². The number of halogens is 1. The molecule has 0 amide bonds. The van der Waals surface area contributed by atoms with Crippen molar-refractivity contribution >= 4 is 29.7 Å². The molecule has 3 N–H and O–H groups in total. The Morgan fingerprint density at radius 3 is 2.41 bits per heavy atom. The zero-order chi connectivity index (χ0) is 26.2. The lowest BCUT2D eigenvalue weighted by atomic mass is 9.97. The summed E-state index contributed by atoms with van der Waals surface area (Å²) >= 11 is 6.29. The van der Waals surface area contributed by atoms with E-state index < -0.39 is 0 Å². The summed E-state index contributed by atoms with van der Waals surface area (Å²) in [4.78, 5) is 6.97. The van der Waals surface area contributed by atoms with Gasteiger partial charge in [0.1, 0.15) is 0 Å². The molecule has 1 aliphatic heterocycles. The molecule has 0 saturated carbocycles. The Morgan fingerprint density at radius 2 is 1.85 bits per heavy atom. The number of amidine groups is 1. The van der Waals surface area contributed by atoms with Gasteiger partial charge in [0.25, 0.3) is 0 Å². The fraction of sp³-hybridized carbons (Fsp3) is 0.500. The number of rotatable bonds is 8. The molecule has 1 atom stereocenters. The second kappa shape index (κ2) is 23.9. The third-order valence-electron chi connectivity index (χ3n) is 4.51. The number of allylic oxidation sites excluding steroid dienone is 1. The van der Waals surface area contributed by atoms with Crippen molar-refractivity contribution in [1.82, 2.24) is 15.5 Å². The lowest BCUT2D eigenvalue weighted by molar-refractivity contribution is 0.203. The first-order valence-electron chi connectivity index (χ1n) is 12.5. The highest BCUT2D eigenvalue weighted by molar-refractivity contribution is 6.30. The van der Waals surface area contributed by atoms with Gasteiger partial charge in [-0.2, -0.15) is 0 Å². The maximum Gasteiger partial charge on any atom is 0.0974 e. The molecule has 0 bridgehead atoms. The minimum absolute atomic E-state index is 0.261. The van der Waals surface area contributed by atoms with Crippen molar-refractivity contribution in [3.05, 3.63) is 65.4 Å². The maximum atomic E-state index is 6.29. The molecule has 1 saturated heterocycles. The van der Waals surface area contributed by atoms with E-state index in [1.165, 1.54) is 11.8 Å². The molecule has 34 heavy (non-hydrogen) atoms. The van der Waals surface area contributed by atoms with Crippen LogP contribution in [0.4, 0.5) is 0 Å². The topological polar surface area (TPSA) is 63.5 Å². The average molecular weight is 490 g/mol. The van der Waals surface area contributed by atoms with Gasteiger partial charge in [-0.15, -0.1) is 0 Å². The third-order valence-corrected chi connectivity index (χ3v) is 4.74. The highest BCUT2D eigenvalue weighted by Crippen LogP contribution is 2.29. The van der Waals surface area contributed by atoms with Crippen molar-refractivity contribution in [2.24, 2.45) is 4.99 Å². The molecule has 0 aromatic heterocycles. The van der Waals surface area contributed by atoms with Gasteiger partial charge in [0.15, 0.2) is 0 Å². The summed E-state index contributed by atoms with van der Waals surface area (Å²) in [6.45, 7) is 22.2. The van der Waals surface area contributed by atoms with Crippen LogP contribution in [0, 0.1) is 5.41 Å². The molecule has 5 nitrogen and oxygen atoms in total. The number of piperazine rings is 1. The fourth-order valence-corrected chi connectivity index (χ4v) is 3.35. The van der Waals surface area contributed by atoms with Gasteiger partial charge < -0.3 is 16.0 Å². The molecule has 6 heteroatoms. The number of aliphatic imine (C=N–C) groups is 1. The summed E-state index contributed by atoms with van der Waals surface area (Å²) in [7, 11) is 0. The van der Waals surface area contributed by atoms with E-state index in [0.29, 0.717) is 6.54 Å². The van der Waals surface area contributed by atoms with Crippen molar-refractivity contribution in [2.75, 3.05) is 32.7 Å². The Hall–Kier alpha value is -2.21. The molecule has 1 heterocycles. The van der Waals surface area contributed by atoms with Crippen LogP contribution in [0.1, 0.15) is 72.1 Å². The molecule has 0 aliphatic carbocycles. The van der Waals surface area contributed by atoms with E-state index in [1.807, 2.05) is 46.8 Å². The van der Waals surface area contributed by atoms with Crippen LogP contribution in [0.25, 0.3) is 6.08 Å². The normalized spacial score (nSPS) is 14.6. The van der Waals surface area contributed by atoms with Crippen LogP contribution >= 0.6 is 11.6 Å². The van der Waals surface area contributed by atoms with Gasteiger partial charge in [-0.1, -0.05) is 83.2 Å². The molecular formula is C28H48ClN5. The van der Waals surface area contributed by atoms with Gasteiger partial charge in [-0.3, -0.25) is 9.89 Å². The summed E-state index contributed by atoms with van der Waals surface area (Å²) in [6, 6.07) is 6.44. The third kappa shape index (κ3) is 14.8. The minimum Gasteiger partial charge on any atom is -0.351 e. The Morgan fingerprint density at radius 1 is 1.24 bits per heavy atom. The Labute approximate surface area is 214 Å². The highest BCUT2D eigenvalue weighted by Gasteiger charge is 2.21. The summed E-state index contributed by atoms with van der Waals surface area (Å²) < 4.78 is 0. The zero-order valence-electron chi connectivity index (χ0n) is 22.5. The first-order chi connectivity index (χ1) is 16.6. The van der Waals surface area contributed by atoms with Gasteiger partial charge in [-0.25, -0.2) is 0 Å². The maximum absolute atomic E-state index is 6.29. The van der Waals surface area contributed by atoms with Crippen molar-refractivity contribution in [2.45, 2.75) is 60.9 Å². The van der Waals surface area contributed by atoms with Gasteiger partial charge in [0.05, 0.1) is 18.4 Å². The van der Waals surface area contributed by atoms with E-state index in [0.717, 1.165) is 49.0 Å². The Kier molecular flexibility index (Phi) is 23.9. The van der Waals surface area contributed by atoms with Gasteiger partial charge in [-0.05, 0) is 55.9 Å². The highest BCUT2D eigenvalue weighted by atomic mass is 35.5. The molecule has 1 fully saturated rings. The van der Waals surface area contributed by atoms with Crippen molar-refractivity contribution < 1.29 is 0 Å². The number of benzene rings is 1. The van der Waals surface area contributed by atoms with Crippen LogP contribution in [0.2, 0.25) is 5.02 Å². The van der Waals surface area contributed by atoms with E-state index in [-0.39, 0.29) is 6.04 Å². The molecule has 1 aromatic carbocycles. The predicted octanol–water partition coefficient (Wildman–Crippen LogP) is 7.13. The molecule has 1 aromatic rings. The quantitative estimate of drug-likeness (QED) is 0.207. The van der Waals surface area contributed by atoms with E-state index in [2.05, 4.69) is 64.4 Å². The Balaban J connectivity index is 0. The standard InChI is InChI=1S/C22H31ClN4.C2H5N.2C2H6/c1-4-6-9-22(27-15-13-24-14-16-27)21-11-10-20(23)17-19(21)8-7-12-26-18(3)25-5-2;1-2-3;2*1-2/h5-11,17,22,24H,2,4,12-16H2,1,3H3,(H,25,26);2-3H,1H3;2*1-2H3/b8-7+,9-6+;;;. The summed E-state index contributed by atoms with van der Waals surface area (Å²) in [5.74, 6) is 0.852. The molecule has 192 valence electrons. The van der Waals surface area contributed by atoms with Crippen LogP contribution in [-0.2, 0) is 0 Å². The fourth-order valence-electron chi connectivity index (χ4n) is 3.17. The van der Waals surface area contributed by atoms with Crippen LogP contribution < -0.4 is 10.6 Å². The van der Waals surface area contributed by atoms with Gasteiger partial charge >= 0.3 is 0 Å². The lowest BCUT2D eigenvalue weighted by Crippen LogP contribution is -2.44. The number of hydrogen-bond acceptors (Lipinski definition) is 4. The second-order valence-electron chi connectivity index (χ2n) is 6.81. The summed E-state index contributed by atoms with van der Waals surface area (Å²) in [5.41, 5.74) is 2.43. The van der Waals surface area contributed by atoms with Gasteiger partial charge in [0, 0.05) is 31.2 Å². The summed E-state index contributed by atoms with van der Waals surface area (Å²) in [6.07, 6.45) is 12.7. The largest absolute Gasteiger partial charge is 0.351 e. The van der Waals surface area contributed by atoms with Crippen LogP contribution in [0.5, 0.6) is 0 Å². The van der Waals surface area contributed by atoms with Gasteiger partial charge in [0.2, 0.25) is 0 Å². The number of hydrogen-bond donors (Lipinski definition) is 3. The molecule has 1 unspecified atom stereocenters. The molecule has 0 radical (unpaired) electrons. The van der Waals surface area contributed by atoms with Crippen molar-refractivity contribution in [3.8, 4) is 0 Å². The first-order valence-corrected chi connectivity index (χ1v) is 12.9. The monoisotopic (exact) mass is 489 g/mol. The van der Waals surface area contributed by atoms with Crippen LogP contribution in [0.3, 0.4) is 0 Å². The first kappa shape index (κ1) is 34.0. The van der Waals surface area contributed by atoms with Crippen molar-refractivity contribution in [3.63, 3.8) is 0 Å². The zero-order valence-corrected chi connectivity index (χ0v) is 23.3. The van der Waals surface area contributed by atoms with Crippen LogP contribution in [0.15, 0.2) is 54.2 Å². The number of nitrogens with zero attached hydrogens (tertiary/aromatic N) is 2. The molecule has 1 aliphatic rings. The smallest absolute Gasteiger partial charge is 0.0974 e. The molecular weight excluding hydrogens is 442 g/mol. The van der Waals surface area contributed by atoms with Crippen LogP contribution in [-0.4, -0.2) is 49.7 Å². The SMILES string of the molecule is C=CNC(C)=NC/C=C/c1cc(Cl)ccc1C(/C=C/CC)N1CCNCC1.CC.CC.CC=N. The van der Waals surface area contributed by atoms with E-state index in [1.54, 1.807) is 13.1 Å². The van der Waals surface area contributed by atoms with E-state index in [4.69, 9.17) is 17.0 Å². The molecule has 0 spiro atoms. The number of nitrogens with one attached hydrogen (secondary N) is 3. The predicted molar refractivity (Wildman–Crippen MR) is 156 cm³/mol. The molecule has 2 rings (SSSR count). The van der Waals surface area contributed by atoms with E-state index >= 15 is 0 Å². The van der Waals surface area contributed by atoms with Crippen molar-refractivity contribution in [1.29, 1.82) is 5.41 Å². The average Bonchev–Trinajstić information content (AvgIpc) is 2.87. The second-order valence-corrected chi connectivity index (χ2v) is 7.24. The minimum atomic E-state index is 0.261. The lowest BCUT2D eigenvalue weighted by Gasteiger charge is -2.34.